The van der Waals surface area contributed by atoms with Gasteiger partial charge in [-0.15, -0.1) is 0 Å². The number of hydrogen-bond donors (Lipinski definition) is 1. The van der Waals surface area contributed by atoms with Crippen LogP contribution in [-0.2, 0) is 23.9 Å². The van der Waals surface area contributed by atoms with E-state index in [0.29, 0.717) is 41.2 Å². The number of carbonyl (C=O) groups excluding carboxylic acids is 3. The van der Waals surface area contributed by atoms with Crippen molar-refractivity contribution in [2.45, 2.75) is 12.5 Å². The first-order chi connectivity index (χ1) is 17.4. The number of ether oxygens (including phenoxy) is 5. The normalized spacial score (nSPS) is 12.9. The van der Waals surface area contributed by atoms with E-state index in [1.54, 1.807) is 18.2 Å². The van der Waals surface area contributed by atoms with Crippen molar-refractivity contribution < 1.29 is 42.5 Å². The smallest absolute Gasteiger partial charge is 0.328 e. The lowest BCUT2D eigenvalue weighted by atomic mass is 10.0. The van der Waals surface area contributed by atoms with Gasteiger partial charge in [0.05, 0.1) is 31.6 Å². The fourth-order valence-corrected chi connectivity index (χ4v) is 3.58. The maximum atomic E-state index is 13.1. The van der Waals surface area contributed by atoms with Crippen LogP contribution in [-0.4, -0.2) is 57.9 Å². The Kier molecular flexibility index (Phi) is 7.38. The van der Waals surface area contributed by atoms with E-state index in [2.05, 4.69) is 14.8 Å². The number of hydrogen-bond acceptors (Lipinski definition) is 10. The lowest BCUT2D eigenvalue weighted by molar-refractivity contribution is -0.150. The van der Waals surface area contributed by atoms with Gasteiger partial charge >= 0.3 is 11.9 Å². The maximum Gasteiger partial charge on any atom is 0.328 e. The zero-order valence-corrected chi connectivity index (χ0v) is 19.5. The van der Waals surface area contributed by atoms with E-state index in [1.807, 2.05) is 0 Å². The van der Waals surface area contributed by atoms with E-state index in [0.717, 1.165) is 7.11 Å². The van der Waals surface area contributed by atoms with E-state index >= 15 is 0 Å². The SMILES string of the molecule is COC(=O)C[C@H](NC(=O)COc1ccc2c(=O)c(-c3ccc4c(c3)OCCO4)coc2c1)C(=O)OC. The van der Waals surface area contributed by atoms with E-state index in [9.17, 15) is 19.2 Å². The summed E-state index contributed by atoms with van der Waals surface area (Å²) in [5, 5.41) is 2.69. The molecule has 1 aromatic heterocycles. The zero-order chi connectivity index (χ0) is 25.7. The van der Waals surface area contributed by atoms with Gasteiger partial charge in [0, 0.05) is 6.07 Å². The third-order valence-corrected chi connectivity index (χ3v) is 5.39. The van der Waals surface area contributed by atoms with Crippen molar-refractivity contribution in [3.05, 3.63) is 52.9 Å². The molecule has 0 saturated carbocycles. The third kappa shape index (κ3) is 5.40. The molecule has 0 aliphatic carbocycles. The average Bonchev–Trinajstić information content (AvgIpc) is 2.90. The first kappa shape index (κ1) is 24.6. The van der Waals surface area contributed by atoms with Crippen LogP contribution >= 0.6 is 0 Å². The molecular weight excluding hydrogens is 474 g/mol. The molecule has 188 valence electrons. The van der Waals surface area contributed by atoms with E-state index in [4.69, 9.17) is 18.6 Å². The molecule has 0 spiro atoms. The molecule has 1 N–H and O–H groups in total. The van der Waals surface area contributed by atoms with Crippen LogP contribution in [0.25, 0.3) is 22.1 Å². The summed E-state index contributed by atoms with van der Waals surface area (Å²) in [5.41, 5.74) is 0.990. The van der Waals surface area contributed by atoms with Crippen molar-refractivity contribution in [1.29, 1.82) is 0 Å². The molecule has 4 rings (SSSR count). The quantitative estimate of drug-likeness (QED) is 0.459. The van der Waals surface area contributed by atoms with Gasteiger partial charge in [0.25, 0.3) is 5.91 Å². The van der Waals surface area contributed by atoms with Crippen molar-refractivity contribution in [3.63, 3.8) is 0 Å². The minimum Gasteiger partial charge on any atom is -0.486 e. The van der Waals surface area contributed by atoms with Gasteiger partial charge in [0.1, 0.15) is 36.9 Å². The second-order valence-electron chi connectivity index (χ2n) is 7.71. The Morgan fingerprint density at radius 3 is 2.53 bits per heavy atom. The molecule has 0 radical (unpaired) electrons. The fourth-order valence-electron chi connectivity index (χ4n) is 3.58. The van der Waals surface area contributed by atoms with Crippen LogP contribution in [0.15, 0.2) is 51.9 Å². The van der Waals surface area contributed by atoms with E-state index in [-0.39, 0.29) is 23.2 Å². The Morgan fingerprint density at radius 2 is 1.78 bits per heavy atom. The second-order valence-corrected chi connectivity index (χ2v) is 7.71. The number of carbonyl (C=O) groups is 3. The topological polar surface area (TPSA) is 140 Å². The number of amides is 1. The Morgan fingerprint density at radius 1 is 1.00 bits per heavy atom. The number of nitrogens with one attached hydrogen (secondary N) is 1. The molecule has 1 aliphatic rings. The molecule has 0 bridgehead atoms. The summed E-state index contributed by atoms with van der Waals surface area (Å²) >= 11 is 0. The second kappa shape index (κ2) is 10.8. The van der Waals surface area contributed by atoms with Gasteiger partial charge in [0.15, 0.2) is 23.5 Å². The minimum absolute atomic E-state index is 0.249. The molecule has 0 unspecified atom stereocenters. The first-order valence-electron chi connectivity index (χ1n) is 10.9. The van der Waals surface area contributed by atoms with Crippen LogP contribution in [0.3, 0.4) is 0 Å². The van der Waals surface area contributed by atoms with Crippen LogP contribution in [0.4, 0.5) is 0 Å². The van der Waals surface area contributed by atoms with Gasteiger partial charge in [-0.2, -0.15) is 0 Å². The summed E-state index contributed by atoms with van der Waals surface area (Å²) in [6.45, 7) is 0.438. The Balaban J connectivity index is 1.46. The molecule has 1 atom stereocenters. The zero-order valence-electron chi connectivity index (χ0n) is 19.5. The summed E-state index contributed by atoms with van der Waals surface area (Å²) in [6, 6.07) is 8.53. The number of fused-ring (bicyclic) bond motifs is 2. The van der Waals surface area contributed by atoms with Crippen LogP contribution in [0.1, 0.15) is 6.42 Å². The van der Waals surface area contributed by atoms with Gasteiger partial charge in [-0.1, -0.05) is 6.07 Å². The molecule has 11 heteroatoms. The van der Waals surface area contributed by atoms with Gasteiger partial charge in [-0.05, 0) is 29.8 Å². The average molecular weight is 497 g/mol. The van der Waals surface area contributed by atoms with Gasteiger partial charge in [-0.25, -0.2) is 4.79 Å². The van der Waals surface area contributed by atoms with Crippen LogP contribution in [0.2, 0.25) is 0 Å². The Labute approximate surface area is 204 Å². The predicted molar refractivity (Wildman–Crippen MR) is 125 cm³/mol. The molecule has 3 aromatic rings. The van der Waals surface area contributed by atoms with Gasteiger partial charge in [0.2, 0.25) is 0 Å². The maximum absolute atomic E-state index is 13.1. The highest BCUT2D eigenvalue weighted by Crippen LogP contribution is 2.34. The lowest BCUT2D eigenvalue weighted by Crippen LogP contribution is -2.44. The highest BCUT2D eigenvalue weighted by molar-refractivity contribution is 5.88. The van der Waals surface area contributed by atoms with Crippen LogP contribution in [0.5, 0.6) is 17.2 Å². The lowest BCUT2D eigenvalue weighted by Gasteiger charge is -2.18. The fraction of sp³-hybridized carbons (Fsp3) is 0.280. The molecular formula is C25H23NO10. The molecule has 11 nitrogen and oxygen atoms in total. The van der Waals surface area contributed by atoms with Gasteiger partial charge < -0.3 is 33.4 Å². The minimum atomic E-state index is -1.22. The van der Waals surface area contributed by atoms with E-state index < -0.39 is 30.5 Å². The van der Waals surface area contributed by atoms with E-state index in [1.165, 1.54) is 31.6 Å². The standard InChI is InChI=1S/C25H23NO10/c1-31-23(28)11-18(25(30)32-2)26-22(27)13-35-15-4-5-16-20(10-15)36-12-17(24(16)29)14-3-6-19-21(9-14)34-8-7-33-19/h3-6,9-10,12,18H,7-8,11,13H2,1-2H3,(H,26,27)/t18-/m0/s1. The summed E-state index contributed by atoms with van der Waals surface area (Å²) in [7, 11) is 2.30. The molecule has 0 fully saturated rings. The highest BCUT2D eigenvalue weighted by Gasteiger charge is 2.25. The Hall–Kier alpha value is -4.54. The van der Waals surface area contributed by atoms with Crippen molar-refractivity contribution in [2.75, 3.05) is 34.0 Å². The summed E-state index contributed by atoms with van der Waals surface area (Å²) in [4.78, 5) is 48.6. The predicted octanol–water partition coefficient (Wildman–Crippen LogP) is 1.83. The Bertz CT molecular complexity index is 1360. The molecule has 2 aromatic carbocycles. The molecule has 36 heavy (non-hydrogen) atoms. The van der Waals surface area contributed by atoms with Crippen molar-refractivity contribution in [2.24, 2.45) is 0 Å². The summed E-state index contributed by atoms with van der Waals surface area (Å²) in [6.07, 6.45) is 0.960. The molecule has 0 saturated heterocycles. The largest absolute Gasteiger partial charge is 0.486 e. The molecule has 1 amide bonds. The summed E-state index contributed by atoms with van der Waals surface area (Å²) in [5.74, 6) is -0.715. The summed E-state index contributed by atoms with van der Waals surface area (Å²) < 4.78 is 31.4. The number of methoxy groups -OCH3 is 2. The molecule has 2 heterocycles. The number of benzene rings is 2. The first-order valence-corrected chi connectivity index (χ1v) is 10.9. The van der Waals surface area contributed by atoms with Crippen LogP contribution < -0.4 is 25.0 Å². The molecule has 1 aliphatic heterocycles. The van der Waals surface area contributed by atoms with Gasteiger partial charge in [-0.3, -0.25) is 14.4 Å². The van der Waals surface area contributed by atoms with Crippen molar-refractivity contribution in [1.82, 2.24) is 5.32 Å². The van der Waals surface area contributed by atoms with Crippen LogP contribution in [0, 0.1) is 0 Å². The van der Waals surface area contributed by atoms with Crippen molar-refractivity contribution >= 4 is 28.8 Å². The number of rotatable bonds is 8. The number of esters is 2. The highest BCUT2D eigenvalue weighted by atomic mass is 16.6. The van der Waals surface area contributed by atoms with Crippen molar-refractivity contribution in [3.8, 4) is 28.4 Å². The monoisotopic (exact) mass is 497 g/mol. The third-order valence-electron chi connectivity index (χ3n) is 5.39.